The van der Waals surface area contributed by atoms with Crippen LogP contribution in [0.1, 0.15) is 57.8 Å². The molecule has 9 unspecified atom stereocenters. The summed E-state index contributed by atoms with van der Waals surface area (Å²) in [4.78, 5) is 31.6. The van der Waals surface area contributed by atoms with Crippen molar-refractivity contribution in [1.82, 2.24) is 9.80 Å². The van der Waals surface area contributed by atoms with Gasteiger partial charge in [0, 0.05) is 68.3 Å². The average molecular weight is 643 g/mol. The van der Waals surface area contributed by atoms with Gasteiger partial charge >= 0.3 is 11.9 Å². The number of nitrogens with zero attached hydrogens (tertiary/aromatic N) is 2. The van der Waals surface area contributed by atoms with Crippen molar-refractivity contribution in [2.24, 2.45) is 11.8 Å². The van der Waals surface area contributed by atoms with Crippen LogP contribution in [0.3, 0.4) is 0 Å². The topological polar surface area (TPSA) is 114 Å². The van der Waals surface area contributed by atoms with Crippen LogP contribution in [0.5, 0.6) is 0 Å². The molecule has 45 heavy (non-hydrogen) atoms. The smallest absolute Gasteiger partial charge is 0.309 e. The van der Waals surface area contributed by atoms with Gasteiger partial charge in [0.1, 0.15) is 18.3 Å². The van der Waals surface area contributed by atoms with Crippen LogP contribution in [-0.2, 0) is 47.5 Å². The van der Waals surface area contributed by atoms with E-state index in [-0.39, 0.29) is 66.5 Å². The maximum Gasteiger partial charge on any atom is 0.309 e. The van der Waals surface area contributed by atoms with Gasteiger partial charge in [0.15, 0.2) is 0 Å². The molecule has 0 amide bonds. The van der Waals surface area contributed by atoms with Gasteiger partial charge in [-0.1, -0.05) is 0 Å². The Morgan fingerprint density at radius 1 is 0.667 bits per heavy atom. The van der Waals surface area contributed by atoms with E-state index in [2.05, 4.69) is 9.80 Å². The molecule has 260 valence electrons. The van der Waals surface area contributed by atoms with Gasteiger partial charge in [-0.25, -0.2) is 0 Å². The minimum absolute atomic E-state index is 0.182. The Hall–Kier alpha value is -1.38. The fourth-order valence-corrected chi connectivity index (χ4v) is 7.62. The molecule has 4 bridgehead atoms. The number of carbonyl (C=O) groups excluding carboxylic acids is 2. The van der Waals surface area contributed by atoms with Crippen molar-refractivity contribution in [3.05, 3.63) is 0 Å². The number of hydrogen-bond acceptors (Lipinski definition) is 12. The van der Waals surface area contributed by atoms with Gasteiger partial charge in [-0.15, -0.1) is 0 Å². The summed E-state index contributed by atoms with van der Waals surface area (Å²) in [7, 11) is 8.25. The molecule has 12 heteroatoms. The Morgan fingerprint density at radius 3 is 1.93 bits per heavy atom. The van der Waals surface area contributed by atoms with E-state index in [9.17, 15) is 9.59 Å². The number of cyclic esters (lactones) is 1. The molecule has 9 atom stereocenters. The minimum Gasteiger partial charge on any atom is -0.465 e. The monoisotopic (exact) mass is 642 g/mol. The zero-order valence-corrected chi connectivity index (χ0v) is 28.2. The van der Waals surface area contributed by atoms with Crippen molar-refractivity contribution in [2.75, 3.05) is 88.0 Å². The lowest BCUT2D eigenvalue weighted by atomic mass is 9.83. The molecule has 4 aliphatic rings. The van der Waals surface area contributed by atoms with Crippen molar-refractivity contribution in [1.29, 1.82) is 0 Å². The van der Waals surface area contributed by atoms with Crippen LogP contribution >= 0.6 is 0 Å². The van der Waals surface area contributed by atoms with Crippen molar-refractivity contribution < 1.29 is 47.5 Å². The Bertz CT molecular complexity index is 882. The summed E-state index contributed by atoms with van der Waals surface area (Å²) in [6.07, 6.45) is 4.45. The first-order valence-corrected chi connectivity index (χ1v) is 17.0. The molecule has 0 aromatic heterocycles. The van der Waals surface area contributed by atoms with Gasteiger partial charge in [-0.05, 0) is 70.9 Å². The van der Waals surface area contributed by atoms with Gasteiger partial charge in [0.2, 0.25) is 0 Å². The highest BCUT2D eigenvalue weighted by Crippen LogP contribution is 2.33. The minimum atomic E-state index is -0.321. The summed E-state index contributed by atoms with van der Waals surface area (Å²) < 4.78 is 46.9. The summed E-state index contributed by atoms with van der Waals surface area (Å²) in [6.45, 7) is 6.65. The number of methoxy groups -OCH3 is 5. The van der Waals surface area contributed by atoms with E-state index in [1.807, 2.05) is 0 Å². The molecule has 0 radical (unpaired) electrons. The third-order valence-electron chi connectivity index (χ3n) is 10.2. The van der Waals surface area contributed by atoms with Gasteiger partial charge in [0.05, 0.1) is 42.9 Å². The summed E-state index contributed by atoms with van der Waals surface area (Å²) in [5, 5.41) is 0. The van der Waals surface area contributed by atoms with Crippen LogP contribution in [-0.4, -0.2) is 152 Å². The third-order valence-corrected chi connectivity index (χ3v) is 10.2. The number of fused-ring (bicyclic) bond motifs is 5. The largest absolute Gasteiger partial charge is 0.465 e. The van der Waals surface area contributed by atoms with E-state index >= 15 is 0 Å². The maximum atomic E-state index is 13.6. The Balaban J connectivity index is 1.44. The molecular weight excluding hydrogens is 584 g/mol. The molecule has 0 spiro atoms. The molecular formula is C33H58N2O10. The second-order valence-electron chi connectivity index (χ2n) is 13.0. The molecule has 4 rings (SSSR count). The first-order chi connectivity index (χ1) is 21.9. The maximum absolute atomic E-state index is 13.6. The van der Waals surface area contributed by atoms with Crippen LogP contribution in [0.4, 0.5) is 0 Å². The highest BCUT2D eigenvalue weighted by molar-refractivity contribution is 5.73. The highest BCUT2D eigenvalue weighted by atomic mass is 16.6. The van der Waals surface area contributed by atoms with Crippen LogP contribution in [0.2, 0.25) is 0 Å². The average Bonchev–Trinajstić information content (AvgIpc) is 3.30. The molecule has 4 fully saturated rings. The zero-order chi connectivity index (χ0) is 32.2. The normalized spacial score (nSPS) is 39.5. The molecule has 0 N–H and O–H groups in total. The number of hydrogen-bond donors (Lipinski definition) is 0. The van der Waals surface area contributed by atoms with Crippen LogP contribution in [0, 0.1) is 11.8 Å². The quantitative estimate of drug-likeness (QED) is 0.380. The third kappa shape index (κ3) is 10.3. The predicted octanol–water partition coefficient (Wildman–Crippen LogP) is 2.30. The highest BCUT2D eigenvalue weighted by Gasteiger charge is 2.43. The van der Waals surface area contributed by atoms with Crippen LogP contribution in [0.25, 0.3) is 0 Å². The Kier molecular flexibility index (Phi) is 15.3. The molecule has 12 nitrogen and oxygen atoms in total. The Morgan fingerprint density at radius 2 is 1.29 bits per heavy atom. The number of esters is 2. The number of rotatable bonds is 7. The lowest BCUT2D eigenvalue weighted by Crippen LogP contribution is -2.49. The van der Waals surface area contributed by atoms with Gasteiger partial charge in [-0.2, -0.15) is 0 Å². The van der Waals surface area contributed by atoms with Gasteiger partial charge < -0.3 is 47.7 Å². The zero-order valence-electron chi connectivity index (χ0n) is 28.2. The summed E-state index contributed by atoms with van der Waals surface area (Å²) in [6, 6.07) is 0. The first kappa shape index (κ1) is 36.5. The lowest BCUT2D eigenvalue weighted by molar-refractivity contribution is -0.174. The standard InChI is InChI=1S/C33H58N2O10/c1-38-26-20-24(21-27(39-2)30(26)41-4)33(37)45-25-9-6-17-43-29-22-23(19-28(40-3)31(29)42-5)32(36)44-18-8-13-34-11-7-12-35(14-10-25)16-15-34/h23-31H,6-22H2,1-5H3. The van der Waals surface area contributed by atoms with Crippen LogP contribution in [0.15, 0.2) is 0 Å². The van der Waals surface area contributed by atoms with E-state index in [1.165, 1.54) is 0 Å². The molecule has 2 aliphatic heterocycles. The molecule has 2 saturated carbocycles. The fourth-order valence-electron chi connectivity index (χ4n) is 7.62. The summed E-state index contributed by atoms with van der Waals surface area (Å²) in [5.41, 5.74) is 0. The molecule has 2 saturated heterocycles. The lowest BCUT2D eigenvalue weighted by Gasteiger charge is -2.39. The predicted molar refractivity (Wildman–Crippen MR) is 166 cm³/mol. The van der Waals surface area contributed by atoms with E-state index in [0.29, 0.717) is 51.7 Å². The van der Waals surface area contributed by atoms with Crippen molar-refractivity contribution >= 4 is 11.9 Å². The van der Waals surface area contributed by atoms with Gasteiger partial charge in [0.25, 0.3) is 0 Å². The van der Waals surface area contributed by atoms with E-state index in [1.54, 1.807) is 35.5 Å². The molecule has 0 aromatic rings. The van der Waals surface area contributed by atoms with Crippen molar-refractivity contribution in [3.63, 3.8) is 0 Å². The van der Waals surface area contributed by atoms with E-state index in [0.717, 1.165) is 58.5 Å². The first-order valence-electron chi connectivity index (χ1n) is 17.0. The fraction of sp³-hybridized carbons (Fsp3) is 0.939. The van der Waals surface area contributed by atoms with Crippen molar-refractivity contribution in [3.8, 4) is 0 Å². The van der Waals surface area contributed by atoms with E-state index < -0.39 is 0 Å². The SMILES string of the molecule is COC1CC(C(=O)OC2CCCOC3CC(CC(OC)C3OC)C(=O)OCCCN3CCCN(CC2)CC3)CC(OC)C1OC. The van der Waals surface area contributed by atoms with Crippen LogP contribution < -0.4 is 0 Å². The number of ether oxygens (including phenoxy) is 8. The second kappa shape index (κ2) is 18.8. The Labute approximate surface area is 269 Å². The second-order valence-corrected chi connectivity index (χ2v) is 13.0. The molecule has 2 heterocycles. The van der Waals surface area contributed by atoms with Gasteiger partial charge in [-0.3, -0.25) is 9.59 Å². The summed E-state index contributed by atoms with van der Waals surface area (Å²) >= 11 is 0. The van der Waals surface area contributed by atoms with E-state index in [4.69, 9.17) is 37.9 Å². The summed E-state index contributed by atoms with van der Waals surface area (Å²) in [5.74, 6) is -0.998. The van der Waals surface area contributed by atoms with Crippen molar-refractivity contribution in [2.45, 2.75) is 101 Å². The number of carbonyl (C=O) groups is 2. The molecule has 2 aliphatic carbocycles. The molecule has 0 aromatic carbocycles.